The highest BCUT2D eigenvalue weighted by molar-refractivity contribution is 6.08. The van der Waals surface area contributed by atoms with Crippen LogP contribution in [0.3, 0.4) is 0 Å². The molecule has 0 spiro atoms. The fourth-order valence-electron chi connectivity index (χ4n) is 4.00. The number of ketones is 1. The minimum atomic E-state index is 0.168. The molecule has 0 amide bonds. The molecule has 0 aliphatic carbocycles. The van der Waals surface area contributed by atoms with Crippen molar-refractivity contribution < 1.29 is 14.3 Å². The lowest BCUT2D eigenvalue weighted by atomic mass is 9.81. The molecule has 5 heteroatoms. The molecule has 2 atom stereocenters. The van der Waals surface area contributed by atoms with Gasteiger partial charge in [-0.1, -0.05) is 13.3 Å². The number of fused-ring (bicyclic) bond motifs is 1. The Bertz CT molecular complexity index is 775. The van der Waals surface area contributed by atoms with Crippen molar-refractivity contribution in [1.82, 2.24) is 10.3 Å². The summed E-state index contributed by atoms with van der Waals surface area (Å²) in [5.41, 5.74) is 1.40. The number of piperidine rings is 1. The van der Waals surface area contributed by atoms with Gasteiger partial charge in [-0.15, -0.1) is 0 Å². The van der Waals surface area contributed by atoms with E-state index in [1.807, 2.05) is 12.1 Å². The molecule has 1 aromatic heterocycles. The van der Waals surface area contributed by atoms with E-state index in [1.54, 1.807) is 26.5 Å². The Morgan fingerprint density at radius 2 is 2.12 bits per heavy atom. The van der Waals surface area contributed by atoms with Gasteiger partial charge in [0.2, 0.25) is 0 Å². The fraction of sp³-hybridized carbons (Fsp3) is 0.524. The number of nitrogens with zero attached hydrogens (tertiary/aromatic N) is 1. The van der Waals surface area contributed by atoms with E-state index in [-0.39, 0.29) is 5.78 Å². The zero-order valence-electron chi connectivity index (χ0n) is 15.9. The number of rotatable bonds is 7. The van der Waals surface area contributed by atoms with E-state index in [2.05, 4.69) is 17.2 Å². The van der Waals surface area contributed by atoms with Crippen molar-refractivity contribution in [3.63, 3.8) is 0 Å². The van der Waals surface area contributed by atoms with E-state index >= 15 is 0 Å². The molecule has 0 radical (unpaired) electrons. The van der Waals surface area contributed by atoms with Crippen LogP contribution in [0.4, 0.5) is 0 Å². The summed E-state index contributed by atoms with van der Waals surface area (Å²) in [5.74, 6) is 2.76. The lowest BCUT2D eigenvalue weighted by Gasteiger charge is -2.31. The Morgan fingerprint density at radius 1 is 1.27 bits per heavy atom. The summed E-state index contributed by atoms with van der Waals surface area (Å²) in [4.78, 5) is 17.4. The normalized spacial score (nSPS) is 20.1. The van der Waals surface area contributed by atoms with Crippen molar-refractivity contribution in [3.8, 4) is 11.5 Å². The summed E-state index contributed by atoms with van der Waals surface area (Å²) >= 11 is 0. The predicted octanol–water partition coefficient (Wildman–Crippen LogP) is 3.85. The van der Waals surface area contributed by atoms with Gasteiger partial charge >= 0.3 is 0 Å². The Morgan fingerprint density at radius 3 is 2.85 bits per heavy atom. The van der Waals surface area contributed by atoms with E-state index < -0.39 is 0 Å². The first-order valence-electron chi connectivity index (χ1n) is 9.42. The predicted molar refractivity (Wildman–Crippen MR) is 103 cm³/mol. The van der Waals surface area contributed by atoms with Gasteiger partial charge in [-0.25, -0.2) is 0 Å². The van der Waals surface area contributed by atoms with Crippen molar-refractivity contribution >= 4 is 16.7 Å². The number of aromatic nitrogens is 1. The van der Waals surface area contributed by atoms with Crippen molar-refractivity contribution in [2.24, 2.45) is 11.8 Å². The minimum Gasteiger partial charge on any atom is -0.497 e. The zero-order valence-corrected chi connectivity index (χ0v) is 15.9. The molecule has 26 heavy (non-hydrogen) atoms. The molecule has 1 aliphatic heterocycles. The molecule has 1 aromatic carbocycles. The van der Waals surface area contributed by atoms with Gasteiger partial charge in [0.05, 0.1) is 14.2 Å². The topological polar surface area (TPSA) is 60.5 Å². The summed E-state index contributed by atoms with van der Waals surface area (Å²) in [6.07, 6.45) is 5.52. The van der Waals surface area contributed by atoms with Crippen LogP contribution in [0.25, 0.3) is 10.9 Å². The lowest BCUT2D eigenvalue weighted by molar-refractivity contribution is 0.0963. The van der Waals surface area contributed by atoms with Crippen molar-refractivity contribution in [3.05, 3.63) is 30.0 Å². The first kappa shape index (κ1) is 18.6. The van der Waals surface area contributed by atoms with E-state index in [9.17, 15) is 4.79 Å². The van der Waals surface area contributed by atoms with E-state index in [4.69, 9.17) is 9.47 Å². The molecular weight excluding hydrogens is 328 g/mol. The molecule has 1 saturated heterocycles. The largest absolute Gasteiger partial charge is 0.497 e. The molecule has 2 heterocycles. The number of ether oxygens (including phenoxy) is 2. The van der Waals surface area contributed by atoms with Gasteiger partial charge in [0.25, 0.3) is 0 Å². The highest BCUT2D eigenvalue weighted by atomic mass is 16.5. The average Bonchev–Trinajstić information content (AvgIpc) is 2.70. The van der Waals surface area contributed by atoms with Crippen molar-refractivity contribution in [2.75, 3.05) is 27.3 Å². The lowest BCUT2D eigenvalue weighted by Crippen LogP contribution is -2.36. The highest BCUT2D eigenvalue weighted by Crippen LogP contribution is 2.33. The molecule has 1 fully saturated rings. The Kier molecular flexibility index (Phi) is 6.09. The van der Waals surface area contributed by atoms with Crippen LogP contribution in [0.2, 0.25) is 0 Å². The maximum atomic E-state index is 13.0. The molecule has 1 aliphatic rings. The molecule has 1 N–H and O–H groups in total. The maximum Gasteiger partial charge on any atom is 0.163 e. The minimum absolute atomic E-state index is 0.168. The summed E-state index contributed by atoms with van der Waals surface area (Å²) in [7, 11) is 3.22. The van der Waals surface area contributed by atoms with Crippen LogP contribution >= 0.6 is 0 Å². The molecule has 2 aromatic rings. The zero-order chi connectivity index (χ0) is 18.5. The van der Waals surface area contributed by atoms with Crippen molar-refractivity contribution in [1.29, 1.82) is 0 Å². The second-order valence-corrected chi connectivity index (χ2v) is 6.97. The molecule has 0 saturated carbocycles. The number of carbonyl (C=O) groups is 1. The number of pyridine rings is 1. The smallest absolute Gasteiger partial charge is 0.163 e. The number of hydrogen-bond donors (Lipinski definition) is 1. The number of hydrogen-bond acceptors (Lipinski definition) is 5. The quantitative estimate of drug-likeness (QED) is 0.764. The van der Waals surface area contributed by atoms with E-state index in [0.717, 1.165) is 31.3 Å². The summed E-state index contributed by atoms with van der Waals surface area (Å²) < 4.78 is 10.8. The molecule has 0 bridgehead atoms. The average molecular weight is 356 g/mol. The SMILES string of the molecule is CC[C@H]1CNCCC1CCC(=O)c1ccnc2c(OC)cc(OC)cc12. The molecule has 5 nitrogen and oxygen atoms in total. The van der Waals surface area contributed by atoms with Crippen LogP contribution in [-0.4, -0.2) is 38.1 Å². The summed E-state index contributed by atoms with van der Waals surface area (Å²) in [6.45, 7) is 4.37. The monoisotopic (exact) mass is 356 g/mol. The van der Waals surface area contributed by atoms with Crippen molar-refractivity contribution in [2.45, 2.75) is 32.6 Å². The van der Waals surface area contributed by atoms with Crippen LogP contribution in [0.5, 0.6) is 11.5 Å². The molecule has 1 unspecified atom stereocenters. The van der Waals surface area contributed by atoms with Gasteiger partial charge in [-0.3, -0.25) is 9.78 Å². The number of methoxy groups -OCH3 is 2. The van der Waals surface area contributed by atoms with Gasteiger partial charge < -0.3 is 14.8 Å². The summed E-state index contributed by atoms with van der Waals surface area (Å²) in [6, 6.07) is 5.48. The first-order valence-corrected chi connectivity index (χ1v) is 9.42. The molecule has 140 valence electrons. The molecule has 3 rings (SSSR count). The highest BCUT2D eigenvalue weighted by Gasteiger charge is 2.24. The van der Waals surface area contributed by atoms with Gasteiger partial charge in [0, 0.05) is 29.6 Å². The number of nitrogens with one attached hydrogen (secondary N) is 1. The second-order valence-electron chi connectivity index (χ2n) is 6.97. The van der Waals surface area contributed by atoms with Crippen LogP contribution < -0.4 is 14.8 Å². The van der Waals surface area contributed by atoms with E-state index in [1.165, 1.54) is 6.42 Å². The number of Topliss-reactive ketones (excluding diaryl/α,β-unsaturated/α-hetero) is 1. The van der Waals surface area contributed by atoms with Gasteiger partial charge in [-0.05, 0) is 49.9 Å². The van der Waals surface area contributed by atoms with E-state index in [0.29, 0.717) is 40.8 Å². The fourth-order valence-corrected chi connectivity index (χ4v) is 4.00. The first-order chi connectivity index (χ1) is 12.7. The maximum absolute atomic E-state index is 13.0. The van der Waals surface area contributed by atoms with Crippen LogP contribution in [-0.2, 0) is 0 Å². The van der Waals surface area contributed by atoms with Gasteiger partial charge in [0.15, 0.2) is 5.78 Å². The van der Waals surface area contributed by atoms with Crippen LogP contribution in [0, 0.1) is 11.8 Å². The van der Waals surface area contributed by atoms with Crippen LogP contribution in [0.15, 0.2) is 24.4 Å². The Balaban J connectivity index is 1.83. The molecular formula is C21H28N2O3. The Labute approximate surface area is 155 Å². The van der Waals surface area contributed by atoms with Gasteiger partial charge in [0.1, 0.15) is 17.0 Å². The third-order valence-electron chi connectivity index (χ3n) is 5.57. The third-order valence-corrected chi connectivity index (χ3v) is 5.57. The number of carbonyl (C=O) groups excluding carboxylic acids is 1. The Hall–Kier alpha value is -2.14. The third kappa shape index (κ3) is 3.83. The number of benzene rings is 1. The van der Waals surface area contributed by atoms with Gasteiger partial charge in [-0.2, -0.15) is 0 Å². The second kappa shape index (κ2) is 8.49. The summed E-state index contributed by atoms with van der Waals surface area (Å²) in [5, 5.41) is 4.26. The standard InChI is InChI=1S/C21H28N2O3/c1-4-14-13-22-9-7-15(14)5-6-19(24)17-8-10-23-21-18(17)11-16(25-2)12-20(21)26-3/h8,10-12,14-15,22H,4-7,9,13H2,1-3H3/t14-,15?/m0/s1. The van der Waals surface area contributed by atoms with Crippen LogP contribution in [0.1, 0.15) is 43.0 Å².